The minimum atomic E-state index is -0.371. The SMILES string of the molecule is CC.CC.CC(=O)CCCCn1c(=O)c2c(ncn2C)n(C)c1=O. The number of aromatic nitrogens is 4. The summed E-state index contributed by atoms with van der Waals surface area (Å²) in [4.78, 5) is 39.4. The van der Waals surface area contributed by atoms with Crippen molar-refractivity contribution in [2.45, 2.75) is 60.4 Å². The highest BCUT2D eigenvalue weighted by Gasteiger charge is 2.14. The molecule has 0 aliphatic rings. The van der Waals surface area contributed by atoms with E-state index >= 15 is 0 Å². The van der Waals surface area contributed by atoms with E-state index < -0.39 is 0 Å². The number of hydrogen-bond donors (Lipinski definition) is 0. The van der Waals surface area contributed by atoms with Gasteiger partial charge in [-0.3, -0.25) is 13.9 Å². The van der Waals surface area contributed by atoms with Gasteiger partial charge in [-0.1, -0.05) is 27.7 Å². The number of rotatable bonds is 5. The Bertz CT molecular complexity index is 768. The molecule has 0 radical (unpaired) electrons. The lowest BCUT2D eigenvalue weighted by atomic mass is 10.2. The Hall–Kier alpha value is -2.18. The third kappa shape index (κ3) is 4.91. The summed E-state index contributed by atoms with van der Waals surface area (Å²) < 4.78 is 4.20. The minimum Gasteiger partial charge on any atom is -0.328 e. The lowest BCUT2D eigenvalue weighted by Crippen LogP contribution is -2.39. The molecule has 0 aliphatic heterocycles. The summed E-state index contributed by atoms with van der Waals surface area (Å²) in [5.74, 6) is 0.118. The molecule has 0 spiro atoms. The number of aryl methyl sites for hydroxylation is 2. The summed E-state index contributed by atoms with van der Waals surface area (Å²) in [6, 6.07) is 0. The van der Waals surface area contributed by atoms with Gasteiger partial charge in [-0.2, -0.15) is 0 Å². The standard InChI is InChI=1S/C13H18N4O3.2C2H6/c1-9(18)6-4-5-7-17-12(19)10-11(14-8-15(10)2)16(3)13(17)20;2*1-2/h8H,4-7H2,1-3H3;2*1-2H3. The van der Waals surface area contributed by atoms with Gasteiger partial charge in [0.15, 0.2) is 11.2 Å². The minimum absolute atomic E-state index is 0.118. The van der Waals surface area contributed by atoms with Crippen LogP contribution in [0.15, 0.2) is 15.9 Å². The van der Waals surface area contributed by atoms with E-state index in [4.69, 9.17) is 0 Å². The Morgan fingerprint density at radius 1 is 1.08 bits per heavy atom. The molecule has 0 saturated heterocycles. The molecule has 24 heavy (non-hydrogen) atoms. The van der Waals surface area contributed by atoms with Gasteiger partial charge in [-0.25, -0.2) is 9.78 Å². The average Bonchev–Trinajstić information content (AvgIpc) is 2.97. The van der Waals surface area contributed by atoms with Gasteiger partial charge >= 0.3 is 5.69 Å². The molecule has 2 rings (SSSR count). The number of hydrogen-bond acceptors (Lipinski definition) is 4. The van der Waals surface area contributed by atoms with E-state index in [1.807, 2.05) is 27.7 Å². The van der Waals surface area contributed by atoms with E-state index in [1.54, 1.807) is 18.7 Å². The monoisotopic (exact) mass is 338 g/mol. The normalized spacial score (nSPS) is 9.79. The van der Waals surface area contributed by atoms with Crippen molar-refractivity contribution in [3.8, 4) is 0 Å². The Morgan fingerprint density at radius 2 is 1.67 bits per heavy atom. The molecule has 2 heterocycles. The highest BCUT2D eigenvalue weighted by atomic mass is 16.2. The van der Waals surface area contributed by atoms with Crippen molar-refractivity contribution in [3.05, 3.63) is 27.2 Å². The molecule has 2 aromatic rings. The van der Waals surface area contributed by atoms with E-state index in [0.29, 0.717) is 37.0 Å². The number of unbranched alkanes of at least 4 members (excludes halogenated alkanes) is 1. The van der Waals surface area contributed by atoms with Crippen LogP contribution < -0.4 is 11.2 Å². The quantitative estimate of drug-likeness (QED) is 0.783. The fourth-order valence-corrected chi connectivity index (χ4v) is 2.24. The molecular formula is C17H30N4O3. The van der Waals surface area contributed by atoms with Crippen LogP contribution >= 0.6 is 0 Å². The zero-order valence-corrected chi connectivity index (χ0v) is 15.9. The predicted octanol–water partition coefficient (Wildman–Crippen LogP) is 2.25. The van der Waals surface area contributed by atoms with Crippen LogP contribution in [0.1, 0.15) is 53.9 Å². The van der Waals surface area contributed by atoms with Crippen LogP contribution in [0, 0.1) is 0 Å². The van der Waals surface area contributed by atoms with Crippen LogP contribution in [0.4, 0.5) is 0 Å². The number of nitrogens with zero attached hydrogens (tertiary/aromatic N) is 4. The molecule has 0 unspecified atom stereocenters. The largest absolute Gasteiger partial charge is 0.332 e. The van der Waals surface area contributed by atoms with Gasteiger partial charge in [0.2, 0.25) is 0 Å². The Morgan fingerprint density at radius 3 is 2.21 bits per heavy atom. The summed E-state index contributed by atoms with van der Waals surface area (Å²) in [6.07, 6.45) is 3.29. The summed E-state index contributed by atoms with van der Waals surface area (Å²) >= 11 is 0. The molecule has 0 aromatic carbocycles. The first-order chi connectivity index (χ1) is 11.4. The number of fused-ring (bicyclic) bond motifs is 1. The van der Waals surface area contributed by atoms with Gasteiger partial charge in [0.05, 0.1) is 6.33 Å². The number of imidazole rings is 1. The number of carbonyl (C=O) groups is 1. The van der Waals surface area contributed by atoms with Crippen LogP contribution in [0.25, 0.3) is 11.2 Å². The average molecular weight is 338 g/mol. The Balaban J connectivity index is 0.00000123. The van der Waals surface area contributed by atoms with Crippen molar-refractivity contribution in [1.29, 1.82) is 0 Å². The van der Waals surface area contributed by atoms with Crippen molar-refractivity contribution in [2.24, 2.45) is 14.1 Å². The van der Waals surface area contributed by atoms with Crippen LogP contribution in [-0.4, -0.2) is 24.5 Å². The van der Waals surface area contributed by atoms with Crippen molar-refractivity contribution < 1.29 is 4.79 Å². The van der Waals surface area contributed by atoms with Gasteiger partial charge in [-0.15, -0.1) is 0 Å². The predicted molar refractivity (Wildman–Crippen MR) is 97.4 cm³/mol. The first-order valence-corrected chi connectivity index (χ1v) is 8.53. The molecule has 0 amide bonds. The van der Waals surface area contributed by atoms with Crippen molar-refractivity contribution in [3.63, 3.8) is 0 Å². The highest BCUT2D eigenvalue weighted by molar-refractivity contribution is 5.75. The van der Waals surface area contributed by atoms with Crippen molar-refractivity contribution in [2.75, 3.05) is 0 Å². The van der Waals surface area contributed by atoms with Crippen LogP contribution in [0.2, 0.25) is 0 Å². The van der Waals surface area contributed by atoms with Gasteiger partial charge < -0.3 is 9.36 Å². The smallest absolute Gasteiger partial charge is 0.328 e. The zero-order valence-electron chi connectivity index (χ0n) is 15.9. The fourth-order valence-electron chi connectivity index (χ4n) is 2.24. The second kappa shape index (κ2) is 10.6. The first-order valence-electron chi connectivity index (χ1n) is 8.53. The summed E-state index contributed by atoms with van der Waals surface area (Å²) in [7, 11) is 3.32. The van der Waals surface area contributed by atoms with E-state index in [9.17, 15) is 14.4 Å². The second-order valence-electron chi connectivity index (χ2n) is 4.99. The zero-order chi connectivity index (χ0) is 18.9. The van der Waals surface area contributed by atoms with Gasteiger partial charge in [0, 0.05) is 27.1 Å². The number of Topliss-reactive ketones (excluding diaryl/α,β-unsaturated/α-hetero) is 1. The second-order valence-corrected chi connectivity index (χ2v) is 4.99. The third-order valence-corrected chi connectivity index (χ3v) is 3.36. The molecule has 136 valence electrons. The molecule has 0 N–H and O–H groups in total. The van der Waals surface area contributed by atoms with E-state index in [2.05, 4.69) is 4.98 Å². The van der Waals surface area contributed by atoms with E-state index in [1.165, 1.54) is 22.4 Å². The van der Waals surface area contributed by atoms with E-state index in [-0.39, 0.29) is 17.0 Å². The Kier molecular flexibility index (Phi) is 9.61. The summed E-state index contributed by atoms with van der Waals surface area (Å²) in [5.41, 5.74) is 0.108. The lowest BCUT2D eigenvalue weighted by molar-refractivity contribution is -0.117. The van der Waals surface area contributed by atoms with Crippen LogP contribution in [-0.2, 0) is 25.4 Å². The lowest BCUT2D eigenvalue weighted by Gasteiger charge is -2.08. The van der Waals surface area contributed by atoms with Gasteiger partial charge in [-0.05, 0) is 19.8 Å². The van der Waals surface area contributed by atoms with Crippen molar-refractivity contribution in [1.82, 2.24) is 18.7 Å². The van der Waals surface area contributed by atoms with Crippen LogP contribution in [0.3, 0.4) is 0 Å². The molecule has 7 nitrogen and oxygen atoms in total. The molecule has 0 aliphatic carbocycles. The van der Waals surface area contributed by atoms with Crippen molar-refractivity contribution >= 4 is 16.9 Å². The molecule has 0 bridgehead atoms. The molecule has 2 aromatic heterocycles. The topological polar surface area (TPSA) is 78.9 Å². The molecule has 0 atom stereocenters. The van der Waals surface area contributed by atoms with E-state index in [0.717, 1.165) is 0 Å². The Labute approximate surface area is 142 Å². The maximum Gasteiger partial charge on any atom is 0.332 e. The summed E-state index contributed by atoms with van der Waals surface area (Å²) in [5, 5.41) is 0. The maximum absolute atomic E-state index is 12.3. The highest BCUT2D eigenvalue weighted by Crippen LogP contribution is 2.04. The van der Waals surface area contributed by atoms with Crippen LogP contribution in [0.5, 0.6) is 0 Å². The molecular weight excluding hydrogens is 308 g/mol. The molecule has 7 heteroatoms. The molecule has 0 saturated carbocycles. The van der Waals surface area contributed by atoms with Gasteiger partial charge in [0.25, 0.3) is 5.56 Å². The fraction of sp³-hybridized carbons (Fsp3) is 0.647. The van der Waals surface area contributed by atoms with Gasteiger partial charge in [0.1, 0.15) is 5.78 Å². The number of ketones is 1. The number of carbonyl (C=O) groups excluding carboxylic acids is 1. The molecule has 0 fully saturated rings. The maximum atomic E-state index is 12.3. The summed E-state index contributed by atoms with van der Waals surface area (Å²) in [6.45, 7) is 9.85. The third-order valence-electron chi connectivity index (χ3n) is 3.36. The first kappa shape index (κ1) is 21.8.